The maximum Gasteiger partial charge on any atom is 0.147 e. The van der Waals surface area contributed by atoms with Gasteiger partial charge in [0.25, 0.3) is 0 Å². The summed E-state index contributed by atoms with van der Waals surface area (Å²) >= 11 is 0. The first-order valence-electron chi connectivity index (χ1n) is 5.08. The number of aromatic nitrogens is 2. The van der Waals surface area contributed by atoms with Crippen molar-refractivity contribution in [3.8, 4) is 0 Å². The van der Waals surface area contributed by atoms with Crippen molar-refractivity contribution in [3.63, 3.8) is 0 Å². The zero-order valence-electron chi connectivity index (χ0n) is 8.89. The minimum Gasteiger partial charge on any atom is -0.354 e. The number of nitrogens with zero attached hydrogens (tertiary/aromatic N) is 3. The SMILES string of the molecule is CNC1CCCN(c2cnccn2)C1.Cl. The van der Waals surface area contributed by atoms with Crippen LogP contribution >= 0.6 is 12.4 Å². The monoisotopic (exact) mass is 228 g/mol. The first-order chi connectivity index (χ1) is 6.90. The van der Waals surface area contributed by atoms with E-state index in [0.29, 0.717) is 6.04 Å². The Balaban J connectivity index is 0.00000112. The maximum atomic E-state index is 4.31. The lowest BCUT2D eigenvalue weighted by Crippen LogP contribution is -2.44. The van der Waals surface area contributed by atoms with E-state index < -0.39 is 0 Å². The fraction of sp³-hybridized carbons (Fsp3) is 0.600. The maximum absolute atomic E-state index is 4.31. The van der Waals surface area contributed by atoms with Crippen molar-refractivity contribution in [2.75, 3.05) is 25.0 Å². The predicted molar refractivity (Wildman–Crippen MR) is 63.6 cm³/mol. The summed E-state index contributed by atoms with van der Waals surface area (Å²) in [6.07, 6.45) is 7.77. The van der Waals surface area contributed by atoms with Crippen LogP contribution in [0, 0.1) is 0 Å². The average molecular weight is 229 g/mol. The number of rotatable bonds is 2. The van der Waals surface area contributed by atoms with E-state index in [1.807, 2.05) is 13.2 Å². The first kappa shape index (κ1) is 12.2. The molecule has 0 radical (unpaired) electrons. The quantitative estimate of drug-likeness (QED) is 0.823. The third-order valence-electron chi connectivity index (χ3n) is 2.70. The fourth-order valence-electron chi connectivity index (χ4n) is 1.88. The molecule has 1 N–H and O–H groups in total. The molecule has 15 heavy (non-hydrogen) atoms. The molecule has 0 aliphatic carbocycles. The van der Waals surface area contributed by atoms with Gasteiger partial charge in [-0.25, -0.2) is 4.98 Å². The van der Waals surface area contributed by atoms with Crippen LogP contribution in [-0.2, 0) is 0 Å². The summed E-state index contributed by atoms with van der Waals surface area (Å²) in [4.78, 5) is 10.7. The van der Waals surface area contributed by atoms with Crippen molar-refractivity contribution in [1.82, 2.24) is 15.3 Å². The molecule has 1 aliphatic heterocycles. The molecule has 2 rings (SSSR count). The molecule has 1 unspecified atom stereocenters. The number of hydrogen-bond donors (Lipinski definition) is 1. The van der Waals surface area contributed by atoms with Gasteiger partial charge in [-0.3, -0.25) is 4.98 Å². The van der Waals surface area contributed by atoms with Crippen molar-refractivity contribution in [3.05, 3.63) is 18.6 Å². The number of halogens is 1. The number of nitrogens with one attached hydrogen (secondary N) is 1. The van der Waals surface area contributed by atoms with Gasteiger partial charge in [0, 0.05) is 31.5 Å². The van der Waals surface area contributed by atoms with Crippen molar-refractivity contribution in [2.24, 2.45) is 0 Å². The molecular weight excluding hydrogens is 212 g/mol. The van der Waals surface area contributed by atoms with Gasteiger partial charge in [-0.05, 0) is 19.9 Å². The van der Waals surface area contributed by atoms with Gasteiger partial charge in [-0.2, -0.15) is 0 Å². The Hall–Kier alpha value is -0.870. The highest BCUT2D eigenvalue weighted by Crippen LogP contribution is 2.15. The van der Waals surface area contributed by atoms with Crippen molar-refractivity contribution in [2.45, 2.75) is 18.9 Å². The minimum absolute atomic E-state index is 0. The number of piperidine rings is 1. The van der Waals surface area contributed by atoms with Crippen LogP contribution in [0.5, 0.6) is 0 Å². The molecule has 4 nitrogen and oxygen atoms in total. The second-order valence-electron chi connectivity index (χ2n) is 3.64. The van der Waals surface area contributed by atoms with Gasteiger partial charge < -0.3 is 10.2 Å². The van der Waals surface area contributed by atoms with Gasteiger partial charge in [-0.1, -0.05) is 0 Å². The van der Waals surface area contributed by atoms with E-state index in [2.05, 4.69) is 20.2 Å². The van der Waals surface area contributed by atoms with Gasteiger partial charge in [0.2, 0.25) is 0 Å². The number of hydrogen-bond acceptors (Lipinski definition) is 4. The third-order valence-corrected chi connectivity index (χ3v) is 2.70. The van der Waals surface area contributed by atoms with E-state index >= 15 is 0 Å². The van der Waals surface area contributed by atoms with Crippen LogP contribution in [-0.4, -0.2) is 36.1 Å². The van der Waals surface area contributed by atoms with Crippen LogP contribution in [0.3, 0.4) is 0 Å². The molecule has 1 fully saturated rings. The lowest BCUT2D eigenvalue weighted by molar-refractivity contribution is 0.447. The van der Waals surface area contributed by atoms with Crippen molar-refractivity contribution < 1.29 is 0 Å². The second kappa shape index (κ2) is 5.88. The number of likely N-dealkylation sites (N-methyl/N-ethyl adjacent to an activating group) is 1. The van der Waals surface area contributed by atoms with Crippen LogP contribution < -0.4 is 10.2 Å². The lowest BCUT2D eigenvalue weighted by atomic mass is 10.1. The Morgan fingerprint density at radius 3 is 3.00 bits per heavy atom. The largest absolute Gasteiger partial charge is 0.354 e. The van der Waals surface area contributed by atoms with Crippen LogP contribution in [0.15, 0.2) is 18.6 Å². The molecule has 84 valence electrons. The first-order valence-corrected chi connectivity index (χ1v) is 5.08. The van der Waals surface area contributed by atoms with E-state index in [1.165, 1.54) is 12.8 Å². The van der Waals surface area contributed by atoms with Crippen LogP contribution in [0.1, 0.15) is 12.8 Å². The Morgan fingerprint density at radius 2 is 2.33 bits per heavy atom. The predicted octanol–water partition coefficient (Wildman–Crippen LogP) is 1.09. The van der Waals surface area contributed by atoms with E-state index in [1.54, 1.807) is 12.4 Å². The van der Waals surface area contributed by atoms with Crippen LogP contribution in [0.25, 0.3) is 0 Å². The van der Waals surface area contributed by atoms with Gasteiger partial charge in [0.05, 0.1) is 6.20 Å². The van der Waals surface area contributed by atoms with E-state index in [4.69, 9.17) is 0 Å². The molecule has 1 aliphatic rings. The molecule has 0 spiro atoms. The highest BCUT2D eigenvalue weighted by molar-refractivity contribution is 5.85. The zero-order valence-corrected chi connectivity index (χ0v) is 9.70. The lowest BCUT2D eigenvalue weighted by Gasteiger charge is -2.33. The number of anilines is 1. The Bertz CT molecular complexity index is 280. The standard InChI is InChI=1S/C10H16N4.ClH/c1-11-9-3-2-6-14(8-9)10-7-12-4-5-13-10;/h4-5,7,9,11H,2-3,6,8H2,1H3;1H. The van der Waals surface area contributed by atoms with Crippen molar-refractivity contribution >= 4 is 18.2 Å². The highest BCUT2D eigenvalue weighted by atomic mass is 35.5. The molecule has 1 aromatic rings. The van der Waals surface area contributed by atoms with Gasteiger partial charge >= 0.3 is 0 Å². The summed E-state index contributed by atoms with van der Waals surface area (Å²) in [6, 6.07) is 0.589. The van der Waals surface area contributed by atoms with Crippen LogP contribution in [0.2, 0.25) is 0 Å². The van der Waals surface area contributed by atoms with E-state index in [0.717, 1.165) is 18.9 Å². The molecule has 1 saturated heterocycles. The molecule has 0 bridgehead atoms. The summed E-state index contributed by atoms with van der Waals surface area (Å²) in [5.41, 5.74) is 0. The molecule has 5 heteroatoms. The van der Waals surface area contributed by atoms with E-state index in [9.17, 15) is 0 Å². The molecule has 0 aromatic carbocycles. The van der Waals surface area contributed by atoms with E-state index in [-0.39, 0.29) is 12.4 Å². The summed E-state index contributed by atoms with van der Waals surface area (Å²) in [5, 5.41) is 3.31. The average Bonchev–Trinajstić information content (AvgIpc) is 2.30. The summed E-state index contributed by atoms with van der Waals surface area (Å²) < 4.78 is 0. The Labute approximate surface area is 96.5 Å². The topological polar surface area (TPSA) is 41.0 Å². The highest BCUT2D eigenvalue weighted by Gasteiger charge is 2.19. The third kappa shape index (κ3) is 3.04. The summed E-state index contributed by atoms with van der Waals surface area (Å²) in [6.45, 7) is 2.13. The van der Waals surface area contributed by atoms with Gasteiger partial charge in [0.1, 0.15) is 5.82 Å². The Morgan fingerprint density at radius 1 is 1.47 bits per heavy atom. The molecular formula is C10H17ClN4. The minimum atomic E-state index is 0. The molecule has 1 aromatic heterocycles. The Kier molecular flexibility index (Phi) is 4.78. The summed E-state index contributed by atoms with van der Waals surface area (Å²) in [5.74, 6) is 0.993. The van der Waals surface area contributed by atoms with Crippen molar-refractivity contribution in [1.29, 1.82) is 0 Å². The molecule has 1 atom stereocenters. The molecule has 2 heterocycles. The molecule has 0 saturated carbocycles. The summed E-state index contributed by atoms with van der Waals surface area (Å²) in [7, 11) is 2.02. The smallest absolute Gasteiger partial charge is 0.147 e. The second-order valence-corrected chi connectivity index (χ2v) is 3.64. The van der Waals surface area contributed by atoms with Crippen LogP contribution in [0.4, 0.5) is 5.82 Å². The molecule has 0 amide bonds. The zero-order chi connectivity index (χ0) is 9.80. The normalized spacial score (nSPS) is 20.9. The van der Waals surface area contributed by atoms with Gasteiger partial charge in [-0.15, -0.1) is 12.4 Å². The fourth-order valence-corrected chi connectivity index (χ4v) is 1.88. The van der Waals surface area contributed by atoms with Gasteiger partial charge in [0.15, 0.2) is 0 Å².